The van der Waals surface area contributed by atoms with Crippen molar-refractivity contribution in [3.63, 3.8) is 0 Å². The molecule has 0 rings (SSSR count). The van der Waals surface area contributed by atoms with Crippen LogP contribution in [0.2, 0.25) is 0 Å². The Balaban J connectivity index is 0. The van der Waals surface area contributed by atoms with Crippen LogP contribution in [0.4, 0.5) is 0 Å². The molecule has 0 spiro atoms. The molecule has 2 atom stereocenters. The van der Waals surface area contributed by atoms with E-state index in [1.54, 1.807) is 21.6 Å². The fourth-order valence-electron chi connectivity index (χ4n) is 0.944. The molecule has 0 aromatic rings. The van der Waals surface area contributed by atoms with Crippen LogP contribution in [-0.2, 0) is 31.0 Å². The molecule has 0 fully saturated rings. The topological polar surface area (TPSA) is 77.4 Å². The van der Waals surface area contributed by atoms with E-state index >= 15 is 0 Å². The first-order chi connectivity index (χ1) is 7.92. The van der Waals surface area contributed by atoms with E-state index in [9.17, 15) is 13.0 Å². The third-order valence-electron chi connectivity index (χ3n) is 1.75. The quantitative estimate of drug-likeness (QED) is 0.220. The van der Waals surface area contributed by atoms with E-state index in [2.05, 4.69) is 11.2 Å². The second kappa shape index (κ2) is 14.1. The van der Waals surface area contributed by atoms with Crippen LogP contribution in [0.25, 0.3) is 0 Å². The van der Waals surface area contributed by atoms with Crippen molar-refractivity contribution in [1.29, 1.82) is 0 Å². The summed E-state index contributed by atoms with van der Waals surface area (Å²) >= 11 is 2.60. The van der Waals surface area contributed by atoms with Crippen LogP contribution in [0.3, 0.4) is 0 Å². The van der Waals surface area contributed by atoms with E-state index in [1.807, 2.05) is 0 Å². The van der Waals surface area contributed by atoms with Gasteiger partial charge in [0.15, 0.2) is 11.1 Å². The summed E-state index contributed by atoms with van der Waals surface area (Å²) < 4.78 is 40.2. The molecule has 2 unspecified atom stereocenters. The van der Waals surface area contributed by atoms with Gasteiger partial charge in [-0.1, -0.05) is 21.6 Å². The minimum atomic E-state index is -3.22. The Morgan fingerprint density at radius 2 is 1.67 bits per heavy atom. The maximum atomic E-state index is 10.7. The fourth-order valence-corrected chi connectivity index (χ4v) is 4.60. The third-order valence-corrected chi connectivity index (χ3v) is 6.26. The second-order valence-corrected chi connectivity index (χ2v) is 10.1. The van der Waals surface area contributed by atoms with Gasteiger partial charge in [0.2, 0.25) is 0 Å². The van der Waals surface area contributed by atoms with Gasteiger partial charge >= 0.3 is 29.6 Å². The molecule has 0 aliphatic heterocycles. The van der Waals surface area contributed by atoms with Crippen molar-refractivity contribution in [3.05, 3.63) is 0 Å². The van der Waals surface area contributed by atoms with E-state index in [0.29, 0.717) is 12.2 Å². The zero-order chi connectivity index (χ0) is 13.1. The third kappa shape index (κ3) is 20.5. The molecule has 0 aromatic carbocycles. The molecule has 0 aromatic heterocycles. The minimum absolute atomic E-state index is 0. The SMILES string of the molecule is O=S(O)CCCCSSCCCCS(=O)([O-])=S.[Na+]. The molecule has 0 heterocycles. The average Bonchev–Trinajstić information content (AvgIpc) is 2.18. The average molecular weight is 361 g/mol. The fraction of sp³-hybridized carbons (Fsp3) is 1.00. The Morgan fingerprint density at radius 3 is 2.11 bits per heavy atom. The van der Waals surface area contributed by atoms with Gasteiger partial charge in [-0.05, 0) is 45.6 Å². The van der Waals surface area contributed by atoms with Gasteiger partial charge in [0.25, 0.3) is 0 Å². The number of rotatable bonds is 11. The van der Waals surface area contributed by atoms with Crippen molar-refractivity contribution in [2.45, 2.75) is 25.7 Å². The second-order valence-electron chi connectivity index (χ2n) is 3.35. The zero-order valence-corrected chi connectivity index (χ0v) is 16.5. The summed E-state index contributed by atoms with van der Waals surface area (Å²) in [5.74, 6) is 2.32. The first-order valence-corrected chi connectivity index (χ1v) is 11.5. The van der Waals surface area contributed by atoms with Gasteiger partial charge in [0, 0.05) is 23.0 Å². The predicted octanol–water partition coefficient (Wildman–Crippen LogP) is -0.969. The molecule has 4 nitrogen and oxygen atoms in total. The van der Waals surface area contributed by atoms with Crippen molar-refractivity contribution in [3.8, 4) is 0 Å². The monoisotopic (exact) mass is 360 g/mol. The summed E-state index contributed by atoms with van der Waals surface area (Å²) in [6.45, 7) is 0. The Bertz CT molecular complexity index is 309. The van der Waals surface area contributed by atoms with Crippen LogP contribution < -0.4 is 29.6 Å². The molecule has 0 radical (unpaired) electrons. The van der Waals surface area contributed by atoms with Crippen LogP contribution in [0, 0.1) is 0 Å². The van der Waals surface area contributed by atoms with E-state index in [1.165, 1.54) is 0 Å². The Labute approximate surface area is 147 Å². The maximum Gasteiger partial charge on any atom is 1.00 e. The molecule has 0 saturated carbocycles. The zero-order valence-electron chi connectivity index (χ0n) is 10.4. The van der Waals surface area contributed by atoms with Gasteiger partial charge in [-0.25, -0.2) is 4.21 Å². The van der Waals surface area contributed by atoms with Crippen LogP contribution >= 0.6 is 21.6 Å². The summed E-state index contributed by atoms with van der Waals surface area (Å²) in [4.78, 5) is 0. The number of hydrogen-bond acceptors (Lipinski definition) is 6. The van der Waals surface area contributed by atoms with Crippen LogP contribution in [0.15, 0.2) is 0 Å². The first kappa shape index (κ1) is 22.4. The van der Waals surface area contributed by atoms with E-state index in [4.69, 9.17) is 4.55 Å². The molecule has 18 heavy (non-hydrogen) atoms. The Hall–Kier alpha value is 2.14. The predicted molar refractivity (Wildman–Crippen MR) is 80.2 cm³/mol. The van der Waals surface area contributed by atoms with Gasteiger partial charge in [-0.3, -0.25) is 4.21 Å². The van der Waals surface area contributed by atoms with Gasteiger partial charge in [-0.15, -0.1) is 0 Å². The molecule has 0 amide bonds. The van der Waals surface area contributed by atoms with Crippen molar-refractivity contribution >= 4 is 52.6 Å². The normalized spacial score (nSPS) is 15.7. The molecule has 10 heteroatoms. The van der Waals surface area contributed by atoms with Gasteiger partial charge in [-0.2, -0.15) is 0 Å². The van der Waals surface area contributed by atoms with Crippen molar-refractivity contribution < 1.29 is 47.1 Å². The molecule has 0 bridgehead atoms. The van der Waals surface area contributed by atoms with E-state index in [-0.39, 0.29) is 35.3 Å². The van der Waals surface area contributed by atoms with E-state index < -0.39 is 19.9 Å². The molecular formula is C8H17NaO4S5. The summed E-state index contributed by atoms with van der Waals surface area (Å²) in [7, 11) is 0.213. The molecule has 0 saturated heterocycles. The van der Waals surface area contributed by atoms with Gasteiger partial charge < -0.3 is 9.11 Å². The van der Waals surface area contributed by atoms with Gasteiger partial charge in [0.1, 0.15) is 0 Å². The van der Waals surface area contributed by atoms with Crippen molar-refractivity contribution in [1.82, 2.24) is 0 Å². The standard InChI is InChI=1S/C8H18O4S5.Na/c9-16(10)7-3-1-5-14-15-6-2-4-8-17(11,12)13;/h1-8H2,(H,9,10)(H,11,12,13);/q;+1/p-1. The van der Waals surface area contributed by atoms with Crippen molar-refractivity contribution in [2.24, 2.45) is 0 Å². The minimum Gasteiger partial charge on any atom is -0.769 e. The largest absolute Gasteiger partial charge is 1.00 e. The van der Waals surface area contributed by atoms with Crippen LogP contribution in [0.1, 0.15) is 25.7 Å². The Kier molecular flexibility index (Phi) is 17.6. The summed E-state index contributed by atoms with van der Waals surface area (Å²) in [6.07, 6.45) is 3.19. The molecular weight excluding hydrogens is 343 g/mol. The maximum absolute atomic E-state index is 10.7. The first-order valence-electron chi connectivity index (χ1n) is 5.17. The number of hydrogen-bond donors (Lipinski definition) is 1. The van der Waals surface area contributed by atoms with Crippen LogP contribution in [0.5, 0.6) is 0 Å². The molecule has 1 N–H and O–H groups in total. The van der Waals surface area contributed by atoms with Crippen LogP contribution in [-0.4, -0.2) is 40.5 Å². The molecule has 104 valence electrons. The Morgan fingerprint density at radius 1 is 1.17 bits per heavy atom. The summed E-state index contributed by atoms with van der Waals surface area (Å²) in [6, 6.07) is 0. The van der Waals surface area contributed by atoms with Crippen molar-refractivity contribution in [2.75, 3.05) is 23.0 Å². The molecule has 0 aliphatic carbocycles. The molecule has 0 aliphatic rings. The van der Waals surface area contributed by atoms with Gasteiger partial charge in [0.05, 0.1) is 0 Å². The number of unbranched alkanes of at least 4 members (excludes halogenated alkanes) is 2. The smallest absolute Gasteiger partial charge is 0.769 e. The summed E-state index contributed by atoms with van der Waals surface area (Å²) in [5.41, 5.74) is 0. The summed E-state index contributed by atoms with van der Waals surface area (Å²) in [5, 5.41) is 0. The van der Waals surface area contributed by atoms with E-state index in [0.717, 1.165) is 30.8 Å².